The minimum Gasteiger partial charge on any atom is -0.508 e. The van der Waals surface area contributed by atoms with E-state index < -0.39 is 6.41 Å². The number of fused-ring (bicyclic) bond motifs is 1. The molecule has 2 fully saturated rings. The van der Waals surface area contributed by atoms with Crippen molar-refractivity contribution in [2.45, 2.75) is 63.3 Å². The summed E-state index contributed by atoms with van der Waals surface area (Å²) in [6, 6.07) is 6.25. The molecule has 1 saturated heterocycles. The zero-order chi connectivity index (χ0) is 16.0. The van der Waals surface area contributed by atoms with Crippen LogP contribution in [0.2, 0.25) is 0 Å². The third kappa shape index (κ3) is 2.31. The predicted octanol–water partition coefficient (Wildman–Crippen LogP) is 2.76. The Morgan fingerprint density at radius 1 is 1.35 bits per heavy atom. The van der Waals surface area contributed by atoms with Gasteiger partial charge in [0.25, 0.3) is 0 Å². The molecule has 1 aliphatic heterocycles. The van der Waals surface area contributed by atoms with Crippen molar-refractivity contribution in [1.29, 1.82) is 0 Å². The Hall–Kier alpha value is -1.10. The molecular formula is C19H27NO3. The maximum Gasteiger partial charge on any atom is 0.216 e. The average Bonchev–Trinajstić information content (AvgIpc) is 2.56. The molecule has 1 saturated carbocycles. The first kappa shape index (κ1) is 15.4. The Balaban J connectivity index is 1.76. The fraction of sp³-hybridized carbons (Fsp3) is 0.684. The van der Waals surface area contributed by atoms with Crippen molar-refractivity contribution in [2.75, 3.05) is 13.2 Å². The highest BCUT2D eigenvalue weighted by Crippen LogP contribution is 2.56. The van der Waals surface area contributed by atoms with Gasteiger partial charge in [-0.1, -0.05) is 18.9 Å². The summed E-state index contributed by atoms with van der Waals surface area (Å²) in [4.78, 5) is 2.17. The van der Waals surface area contributed by atoms with Crippen LogP contribution in [0.25, 0.3) is 0 Å². The standard InChI is InChI=1S/C19H27NO3/c1-2-23-18(22)20-10-9-19-8-4-3-5-15(19)17(20)11-13-6-7-14(21)12-16(13)19/h6-7,12,15,17-18,21-22H,2-5,8-11H2,1H3. The molecule has 2 bridgehead atoms. The molecule has 4 atom stereocenters. The Morgan fingerprint density at radius 3 is 3.04 bits per heavy atom. The second-order valence-electron chi connectivity index (χ2n) is 7.39. The van der Waals surface area contributed by atoms with Gasteiger partial charge in [0, 0.05) is 24.6 Å². The molecule has 23 heavy (non-hydrogen) atoms. The van der Waals surface area contributed by atoms with Gasteiger partial charge in [-0.2, -0.15) is 0 Å². The lowest BCUT2D eigenvalue weighted by molar-refractivity contribution is -0.226. The lowest BCUT2D eigenvalue weighted by Gasteiger charge is -2.59. The van der Waals surface area contributed by atoms with Crippen LogP contribution in [-0.2, 0) is 16.6 Å². The molecule has 1 aromatic carbocycles. The highest BCUT2D eigenvalue weighted by Gasteiger charge is 2.54. The van der Waals surface area contributed by atoms with Gasteiger partial charge < -0.3 is 14.9 Å². The number of hydrogen-bond acceptors (Lipinski definition) is 4. The van der Waals surface area contributed by atoms with Gasteiger partial charge in [0.2, 0.25) is 6.41 Å². The van der Waals surface area contributed by atoms with E-state index in [0.717, 1.165) is 19.4 Å². The fourth-order valence-electron chi connectivity index (χ4n) is 5.54. The summed E-state index contributed by atoms with van der Waals surface area (Å²) in [7, 11) is 0. The first-order valence-corrected chi connectivity index (χ1v) is 9.03. The second-order valence-corrected chi connectivity index (χ2v) is 7.39. The van der Waals surface area contributed by atoms with E-state index in [1.54, 1.807) is 6.07 Å². The van der Waals surface area contributed by atoms with Gasteiger partial charge >= 0.3 is 0 Å². The first-order chi connectivity index (χ1) is 11.2. The summed E-state index contributed by atoms with van der Waals surface area (Å²) in [5.74, 6) is 0.951. The largest absolute Gasteiger partial charge is 0.508 e. The van der Waals surface area contributed by atoms with Crippen LogP contribution in [0, 0.1) is 5.92 Å². The van der Waals surface area contributed by atoms with E-state index in [0.29, 0.717) is 24.3 Å². The molecule has 2 aliphatic carbocycles. The lowest BCUT2D eigenvalue weighted by Crippen LogP contribution is -2.63. The van der Waals surface area contributed by atoms with E-state index in [1.807, 2.05) is 13.0 Å². The molecule has 4 unspecified atom stereocenters. The maximum atomic E-state index is 10.4. The SMILES string of the molecule is CCOC(O)N1CCC23CCCCC2C1Cc1ccc(O)cc13. The zero-order valence-electron chi connectivity index (χ0n) is 13.9. The lowest BCUT2D eigenvalue weighted by atomic mass is 9.52. The zero-order valence-corrected chi connectivity index (χ0v) is 13.9. The molecule has 126 valence electrons. The number of nitrogens with zero attached hydrogens (tertiary/aromatic N) is 1. The predicted molar refractivity (Wildman–Crippen MR) is 88.2 cm³/mol. The number of hydrogen-bond donors (Lipinski definition) is 2. The summed E-state index contributed by atoms with van der Waals surface area (Å²) in [5, 5.41) is 20.4. The molecule has 4 nitrogen and oxygen atoms in total. The molecule has 4 rings (SSSR count). The van der Waals surface area contributed by atoms with Crippen LogP contribution in [0.1, 0.15) is 50.2 Å². The Bertz CT molecular complexity index is 590. The molecule has 0 spiro atoms. The summed E-state index contributed by atoms with van der Waals surface area (Å²) in [6.07, 6.45) is 6.19. The number of phenolic OH excluding ortho intramolecular Hbond substituents is 1. The molecule has 1 aromatic rings. The van der Waals surface area contributed by atoms with E-state index >= 15 is 0 Å². The van der Waals surface area contributed by atoms with Gasteiger partial charge in [-0.25, -0.2) is 0 Å². The normalized spacial score (nSPS) is 34.5. The number of aliphatic hydroxyl groups excluding tert-OH is 1. The minimum absolute atomic E-state index is 0.192. The van der Waals surface area contributed by atoms with Crippen LogP contribution in [0.4, 0.5) is 0 Å². The number of ether oxygens (including phenoxy) is 1. The molecule has 4 heteroatoms. The van der Waals surface area contributed by atoms with Crippen LogP contribution in [-0.4, -0.2) is 40.7 Å². The van der Waals surface area contributed by atoms with Crippen LogP contribution < -0.4 is 0 Å². The third-order valence-electron chi connectivity index (χ3n) is 6.46. The van der Waals surface area contributed by atoms with Crippen LogP contribution in [0.3, 0.4) is 0 Å². The average molecular weight is 317 g/mol. The minimum atomic E-state index is -0.788. The number of aliphatic hydroxyl groups is 1. The van der Waals surface area contributed by atoms with Gasteiger partial charge in [-0.05, 0) is 61.8 Å². The van der Waals surface area contributed by atoms with Crippen molar-refractivity contribution in [2.24, 2.45) is 5.92 Å². The number of phenols is 1. The topological polar surface area (TPSA) is 52.9 Å². The van der Waals surface area contributed by atoms with Gasteiger partial charge in [-0.15, -0.1) is 0 Å². The molecular weight excluding hydrogens is 290 g/mol. The smallest absolute Gasteiger partial charge is 0.216 e. The summed E-state index contributed by atoms with van der Waals surface area (Å²) < 4.78 is 5.50. The van der Waals surface area contributed by atoms with E-state index in [2.05, 4.69) is 11.0 Å². The number of benzene rings is 1. The van der Waals surface area contributed by atoms with Crippen LogP contribution >= 0.6 is 0 Å². The number of rotatable bonds is 3. The summed E-state index contributed by atoms with van der Waals surface area (Å²) in [5.41, 5.74) is 2.92. The molecule has 0 aromatic heterocycles. The quantitative estimate of drug-likeness (QED) is 0.842. The van der Waals surface area contributed by atoms with E-state index in [-0.39, 0.29) is 5.41 Å². The van der Waals surface area contributed by atoms with Gasteiger partial charge in [-0.3, -0.25) is 4.90 Å². The Kier molecular flexibility index (Phi) is 3.87. The van der Waals surface area contributed by atoms with Crippen molar-refractivity contribution in [3.8, 4) is 5.75 Å². The van der Waals surface area contributed by atoms with E-state index in [4.69, 9.17) is 4.74 Å². The molecule has 3 aliphatic rings. The van der Waals surface area contributed by atoms with Crippen molar-refractivity contribution in [3.05, 3.63) is 29.3 Å². The second kappa shape index (κ2) is 5.76. The Morgan fingerprint density at radius 2 is 2.22 bits per heavy atom. The van der Waals surface area contributed by atoms with Crippen LogP contribution in [0.5, 0.6) is 5.75 Å². The number of aromatic hydroxyl groups is 1. The fourth-order valence-corrected chi connectivity index (χ4v) is 5.54. The van der Waals surface area contributed by atoms with Crippen molar-refractivity contribution >= 4 is 0 Å². The maximum absolute atomic E-state index is 10.4. The van der Waals surface area contributed by atoms with E-state index in [1.165, 1.54) is 36.8 Å². The van der Waals surface area contributed by atoms with Crippen molar-refractivity contribution < 1.29 is 14.9 Å². The van der Waals surface area contributed by atoms with E-state index in [9.17, 15) is 10.2 Å². The highest BCUT2D eigenvalue weighted by atomic mass is 16.6. The van der Waals surface area contributed by atoms with Crippen molar-refractivity contribution in [1.82, 2.24) is 4.90 Å². The first-order valence-electron chi connectivity index (χ1n) is 9.03. The van der Waals surface area contributed by atoms with Crippen LogP contribution in [0.15, 0.2) is 18.2 Å². The highest BCUT2D eigenvalue weighted by molar-refractivity contribution is 5.45. The van der Waals surface area contributed by atoms with Gasteiger partial charge in [0.1, 0.15) is 5.75 Å². The molecule has 2 N–H and O–H groups in total. The molecule has 1 heterocycles. The monoisotopic (exact) mass is 317 g/mol. The van der Waals surface area contributed by atoms with Crippen molar-refractivity contribution in [3.63, 3.8) is 0 Å². The van der Waals surface area contributed by atoms with Gasteiger partial charge in [0.05, 0.1) is 0 Å². The number of piperidine rings is 1. The number of likely N-dealkylation sites (tertiary alicyclic amines) is 1. The summed E-state index contributed by atoms with van der Waals surface area (Å²) in [6.45, 7) is 3.33. The molecule has 0 radical (unpaired) electrons. The summed E-state index contributed by atoms with van der Waals surface area (Å²) >= 11 is 0. The Labute approximate surface area is 138 Å². The molecule has 0 amide bonds. The third-order valence-corrected chi connectivity index (χ3v) is 6.46. The van der Waals surface area contributed by atoms with Gasteiger partial charge in [0.15, 0.2) is 0 Å².